The molecule has 1 aliphatic heterocycles. The molecule has 2 nitrogen and oxygen atoms in total. The molecule has 1 aromatic rings. The van der Waals surface area contributed by atoms with Crippen LogP contribution in [-0.4, -0.2) is 19.6 Å². The van der Waals surface area contributed by atoms with Crippen LogP contribution in [0.15, 0.2) is 22.7 Å². The minimum atomic E-state index is 0.481. The van der Waals surface area contributed by atoms with Crippen LogP contribution in [0.3, 0.4) is 0 Å². The lowest BCUT2D eigenvalue weighted by atomic mass is 9.85. The molecule has 0 bridgehead atoms. The van der Waals surface area contributed by atoms with E-state index in [4.69, 9.17) is 5.73 Å². The molecule has 1 aromatic carbocycles. The van der Waals surface area contributed by atoms with Crippen LogP contribution < -0.4 is 10.6 Å². The number of benzene rings is 1. The molecule has 0 atom stereocenters. The Balaban J connectivity index is 2.22. The molecule has 0 saturated carbocycles. The van der Waals surface area contributed by atoms with Gasteiger partial charge in [-0.05, 0) is 55.3 Å². The van der Waals surface area contributed by atoms with Gasteiger partial charge in [0.1, 0.15) is 0 Å². The Bertz CT molecular complexity index is 429. The van der Waals surface area contributed by atoms with E-state index in [9.17, 15) is 0 Å². The highest BCUT2D eigenvalue weighted by Crippen LogP contribution is 2.33. The molecule has 1 aliphatic rings. The summed E-state index contributed by atoms with van der Waals surface area (Å²) in [7, 11) is 0. The smallest absolute Gasteiger partial charge is 0.0410 e. The van der Waals surface area contributed by atoms with E-state index in [1.807, 2.05) is 0 Å². The summed E-state index contributed by atoms with van der Waals surface area (Å²) in [6.45, 7) is 7.81. The van der Waals surface area contributed by atoms with E-state index in [-0.39, 0.29) is 0 Å². The first-order chi connectivity index (χ1) is 9.02. The molecule has 2 N–H and O–H groups in total. The lowest BCUT2D eigenvalue weighted by Gasteiger charge is -2.27. The summed E-state index contributed by atoms with van der Waals surface area (Å²) in [5.74, 6) is 0. The summed E-state index contributed by atoms with van der Waals surface area (Å²) < 4.78 is 1.16. The Hall–Kier alpha value is -0.540. The minimum Gasteiger partial charge on any atom is -0.371 e. The maximum atomic E-state index is 5.74. The standard InChI is InChI=1S/C16H25BrN2/c1-16(2)7-3-10-19(11-8-16)15-12-14(17)5-4-13(15)6-9-18/h4-5,12H,3,6-11,18H2,1-2H3. The van der Waals surface area contributed by atoms with Crippen molar-refractivity contribution in [3.05, 3.63) is 28.2 Å². The number of nitrogens with zero attached hydrogens (tertiary/aromatic N) is 1. The normalized spacial score (nSPS) is 19.3. The first kappa shape index (κ1) is 14.9. The van der Waals surface area contributed by atoms with Gasteiger partial charge in [-0.1, -0.05) is 35.8 Å². The lowest BCUT2D eigenvalue weighted by molar-refractivity contribution is 0.325. The molecule has 0 radical (unpaired) electrons. The van der Waals surface area contributed by atoms with E-state index in [0.717, 1.165) is 24.0 Å². The van der Waals surface area contributed by atoms with Gasteiger partial charge in [-0.2, -0.15) is 0 Å². The first-order valence-electron chi connectivity index (χ1n) is 7.25. The van der Waals surface area contributed by atoms with Gasteiger partial charge in [-0.3, -0.25) is 0 Å². The third-order valence-electron chi connectivity index (χ3n) is 4.14. The largest absolute Gasteiger partial charge is 0.371 e. The summed E-state index contributed by atoms with van der Waals surface area (Å²) in [6, 6.07) is 6.59. The van der Waals surface area contributed by atoms with Gasteiger partial charge in [0, 0.05) is 23.2 Å². The average Bonchev–Trinajstić information content (AvgIpc) is 2.53. The number of nitrogens with two attached hydrogens (primary N) is 1. The van der Waals surface area contributed by atoms with Gasteiger partial charge in [0.15, 0.2) is 0 Å². The third-order valence-corrected chi connectivity index (χ3v) is 4.64. The second kappa shape index (κ2) is 6.27. The van der Waals surface area contributed by atoms with E-state index in [2.05, 4.69) is 52.9 Å². The Morgan fingerprint density at radius 3 is 2.79 bits per heavy atom. The zero-order valence-corrected chi connectivity index (χ0v) is 13.7. The van der Waals surface area contributed by atoms with Gasteiger partial charge in [0.2, 0.25) is 0 Å². The van der Waals surface area contributed by atoms with E-state index >= 15 is 0 Å². The predicted molar refractivity (Wildman–Crippen MR) is 86.7 cm³/mol. The molecule has 3 heteroatoms. The van der Waals surface area contributed by atoms with Crippen LogP contribution in [0.5, 0.6) is 0 Å². The molecule has 2 rings (SSSR count). The van der Waals surface area contributed by atoms with Crippen molar-refractivity contribution in [1.82, 2.24) is 0 Å². The Morgan fingerprint density at radius 2 is 2.05 bits per heavy atom. The average molecular weight is 325 g/mol. The summed E-state index contributed by atoms with van der Waals surface area (Å²) in [4.78, 5) is 2.55. The molecule has 0 aliphatic carbocycles. The lowest BCUT2D eigenvalue weighted by Crippen LogP contribution is -2.26. The number of anilines is 1. The van der Waals surface area contributed by atoms with Gasteiger partial charge >= 0.3 is 0 Å². The summed E-state index contributed by atoms with van der Waals surface area (Å²) in [5, 5.41) is 0. The van der Waals surface area contributed by atoms with Crippen molar-refractivity contribution >= 4 is 21.6 Å². The molecule has 106 valence electrons. The highest BCUT2D eigenvalue weighted by Gasteiger charge is 2.24. The van der Waals surface area contributed by atoms with Crippen LogP contribution in [0.1, 0.15) is 38.7 Å². The van der Waals surface area contributed by atoms with Crippen LogP contribution in [0, 0.1) is 5.41 Å². The number of hydrogen-bond donors (Lipinski definition) is 1. The number of rotatable bonds is 3. The van der Waals surface area contributed by atoms with Crippen molar-refractivity contribution in [2.75, 3.05) is 24.5 Å². The van der Waals surface area contributed by atoms with Gasteiger partial charge < -0.3 is 10.6 Å². The molecule has 0 spiro atoms. The van der Waals surface area contributed by atoms with Crippen molar-refractivity contribution < 1.29 is 0 Å². The Kier molecular flexibility index (Phi) is 4.91. The van der Waals surface area contributed by atoms with Crippen molar-refractivity contribution in [2.24, 2.45) is 11.1 Å². The van der Waals surface area contributed by atoms with Gasteiger partial charge in [0.25, 0.3) is 0 Å². The van der Waals surface area contributed by atoms with Crippen LogP contribution in [0.25, 0.3) is 0 Å². The van der Waals surface area contributed by atoms with Gasteiger partial charge in [-0.25, -0.2) is 0 Å². The third kappa shape index (κ3) is 3.96. The van der Waals surface area contributed by atoms with Gasteiger partial charge in [-0.15, -0.1) is 0 Å². The van der Waals surface area contributed by atoms with E-state index < -0.39 is 0 Å². The van der Waals surface area contributed by atoms with Gasteiger partial charge in [0.05, 0.1) is 0 Å². The second-order valence-electron chi connectivity index (χ2n) is 6.32. The van der Waals surface area contributed by atoms with Crippen molar-refractivity contribution in [2.45, 2.75) is 39.5 Å². The summed E-state index contributed by atoms with van der Waals surface area (Å²) in [6.07, 6.45) is 4.83. The summed E-state index contributed by atoms with van der Waals surface area (Å²) >= 11 is 3.60. The predicted octanol–water partition coefficient (Wildman–Crippen LogP) is 3.97. The fourth-order valence-electron chi connectivity index (χ4n) is 2.86. The molecule has 0 unspecified atom stereocenters. The zero-order chi connectivity index (χ0) is 13.9. The minimum absolute atomic E-state index is 0.481. The van der Waals surface area contributed by atoms with Crippen molar-refractivity contribution in [3.63, 3.8) is 0 Å². The highest BCUT2D eigenvalue weighted by atomic mass is 79.9. The van der Waals surface area contributed by atoms with Crippen LogP contribution in [0.4, 0.5) is 5.69 Å². The molecule has 19 heavy (non-hydrogen) atoms. The van der Waals surface area contributed by atoms with E-state index in [0.29, 0.717) is 12.0 Å². The maximum Gasteiger partial charge on any atom is 0.0410 e. The topological polar surface area (TPSA) is 29.3 Å². The fourth-order valence-corrected chi connectivity index (χ4v) is 3.21. The fraction of sp³-hybridized carbons (Fsp3) is 0.625. The number of halogens is 1. The van der Waals surface area contributed by atoms with E-state index in [1.165, 1.54) is 30.5 Å². The van der Waals surface area contributed by atoms with Crippen LogP contribution >= 0.6 is 15.9 Å². The zero-order valence-electron chi connectivity index (χ0n) is 12.1. The SMILES string of the molecule is CC1(C)CCCN(c2cc(Br)ccc2CCN)CC1. The Morgan fingerprint density at radius 1 is 1.26 bits per heavy atom. The van der Waals surface area contributed by atoms with Crippen LogP contribution in [-0.2, 0) is 6.42 Å². The van der Waals surface area contributed by atoms with E-state index in [1.54, 1.807) is 0 Å². The van der Waals surface area contributed by atoms with Crippen molar-refractivity contribution in [3.8, 4) is 0 Å². The monoisotopic (exact) mass is 324 g/mol. The molecule has 1 fully saturated rings. The molecular weight excluding hydrogens is 300 g/mol. The molecule has 0 aromatic heterocycles. The first-order valence-corrected chi connectivity index (χ1v) is 8.04. The quantitative estimate of drug-likeness (QED) is 0.911. The molecular formula is C16H25BrN2. The summed E-state index contributed by atoms with van der Waals surface area (Å²) in [5.41, 5.74) is 8.97. The van der Waals surface area contributed by atoms with Crippen LogP contribution in [0.2, 0.25) is 0 Å². The molecule has 1 heterocycles. The maximum absolute atomic E-state index is 5.74. The Labute approximate surface area is 125 Å². The van der Waals surface area contributed by atoms with Crippen molar-refractivity contribution in [1.29, 1.82) is 0 Å². The highest BCUT2D eigenvalue weighted by molar-refractivity contribution is 9.10. The second-order valence-corrected chi connectivity index (χ2v) is 7.23. The molecule has 0 amide bonds. The molecule has 1 saturated heterocycles. The number of hydrogen-bond acceptors (Lipinski definition) is 2.